The highest BCUT2D eigenvalue weighted by atomic mass is 16.5. The summed E-state index contributed by atoms with van der Waals surface area (Å²) in [6, 6.07) is 0. The second-order valence-corrected chi connectivity index (χ2v) is 4.69. The molecule has 1 rings (SSSR count). The molecule has 0 spiro atoms. The maximum Gasteiger partial charge on any atom is 0.310 e. The van der Waals surface area contributed by atoms with Gasteiger partial charge in [-0.25, -0.2) is 0 Å². The first kappa shape index (κ1) is 13.5. The molecule has 2 N–H and O–H groups in total. The number of esters is 1. The van der Waals surface area contributed by atoms with Crippen molar-refractivity contribution in [1.82, 2.24) is 4.90 Å². The molecule has 0 saturated carbocycles. The Balaban J connectivity index is 2.37. The van der Waals surface area contributed by atoms with Gasteiger partial charge in [-0.2, -0.15) is 0 Å². The average molecular weight is 228 g/mol. The normalized spacial score (nSPS) is 24.1. The van der Waals surface area contributed by atoms with Crippen molar-refractivity contribution in [2.24, 2.45) is 17.6 Å². The van der Waals surface area contributed by atoms with Gasteiger partial charge in [0, 0.05) is 13.1 Å². The van der Waals surface area contributed by atoms with Crippen molar-refractivity contribution >= 4 is 5.97 Å². The Morgan fingerprint density at radius 1 is 1.62 bits per heavy atom. The van der Waals surface area contributed by atoms with Crippen molar-refractivity contribution in [2.45, 2.75) is 26.7 Å². The molecule has 0 bridgehead atoms. The van der Waals surface area contributed by atoms with E-state index in [1.807, 2.05) is 6.92 Å². The van der Waals surface area contributed by atoms with Crippen LogP contribution in [-0.2, 0) is 9.53 Å². The number of nitrogens with zero attached hydrogens (tertiary/aromatic N) is 1. The lowest BCUT2D eigenvalue weighted by atomic mass is 9.97. The van der Waals surface area contributed by atoms with Crippen molar-refractivity contribution < 1.29 is 9.53 Å². The monoisotopic (exact) mass is 228 g/mol. The highest BCUT2D eigenvalue weighted by Crippen LogP contribution is 2.18. The predicted octanol–water partition coefficient (Wildman–Crippen LogP) is 0.856. The zero-order valence-corrected chi connectivity index (χ0v) is 10.4. The number of rotatable bonds is 5. The fraction of sp³-hybridized carbons (Fsp3) is 0.917. The van der Waals surface area contributed by atoms with Gasteiger partial charge in [0.25, 0.3) is 0 Å². The summed E-state index contributed by atoms with van der Waals surface area (Å²) in [5.41, 5.74) is 5.61. The summed E-state index contributed by atoms with van der Waals surface area (Å²) in [4.78, 5) is 14.0. The van der Waals surface area contributed by atoms with E-state index in [0.717, 1.165) is 32.5 Å². The first-order valence-corrected chi connectivity index (χ1v) is 6.26. The third kappa shape index (κ3) is 4.10. The molecule has 0 aliphatic carbocycles. The van der Waals surface area contributed by atoms with Gasteiger partial charge in [0.1, 0.15) is 0 Å². The summed E-state index contributed by atoms with van der Waals surface area (Å²) < 4.78 is 5.07. The molecule has 2 unspecified atom stereocenters. The number of hydrogen-bond acceptors (Lipinski definition) is 4. The SMILES string of the molecule is CCOC(=O)C1CCCN(CC(C)CN)C1. The van der Waals surface area contributed by atoms with E-state index >= 15 is 0 Å². The fourth-order valence-corrected chi connectivity index (χ4v) is 2.19. The summed E-state index contributed by atoms with van der Waals surface area (Å²) in [5, 5.41) is 0. The highest BCUT2D eigenvalue weighted by Gasteiger charge is 2.27. The lowest BCUT2D eigenvalue weighted by molar-refractivity contribution is -0.150. The summed E-state index contributed by atoms with van der Waals surface area (Å²) in [7, 11) is 0. The second-order valence-electron chi connectivity index (χ2n) is 4.69. The molecule has 0 radical (unpaired) electrons. The topological polar surface area (TPSA) is 55.6 Å². The third-order valence-corrected chi connectivity index (χ3v) is 3.10. The maximum absolute atomic E-state index is 11.6. The van der Waals surface area contributed by atoms with Gasteiger partial charge in [0.15, 0.2) is 0 Å². The summed E-state index contributed by atoms with van der Waals surface area (Å²) >= 11 is 0. The maximum atomic E-state index is 11.6. The number of likely N-dealkylation sites (tertiary alicyclic amines) is 1. The minimum Gasteiger partial charge on any atom is -0.466 e. The molecule has 0 aromatic rings. The molecule has 1 fully saturated rings. The number of carbonyl (C=O) groups is 1. The molecule has 0 amide bonds. The first-order chi connectivity index (χ1) is 7.67. The van der Waals surface area contributed by atoms with Crippen LogP contribution < -0.4 is 5.73 Å². The van der Waals surface area contributed by atoms with Crippen molar-refractivity contribution in [2.75, 3.05) is 32.8 Å². The average Bonchev–Trinajstić information content (AvgIpc) is 2.29. The smallest absolute Gasteiger partial charge is 0.310 e. The van der Waals surface area contributed by atoms with E-state index in [1.54, 1.807) is 0 Å². The molecule has 94 valence electrons. The van der Waals surface area contributed by atoms with E-state index in [4.69, 9.17) is 10.5 Å². The van der Waals surface area contributed by atoms with Crippen LogP contribution in [0.5, 0.6) is 0 Å². The largest absolute Gasteiger partial charge is 0.466 e. The number of ether oxygens (including phenoxy) is 1. The minimum absolute atomic E-state index is 0.0346. The van der Waals surface area contributed by atoms with Crippen LogP contribution in [0.3, 0.4) is 0 Å². The van der Waals surface area contributed by atoms with Gasteiger partial charge in [0.2, 0.25) is 0 Å². The van der Waals surface area contributed by atoms with Gasteiger partial charge >= 0.3 is 5.97 Å². The summed E-state index contributed by atoms with van der Waals surface area (Å²) in [6.45, 7) is 8.11. The molecule has 1 heterocycles. The van der Waals surface area contributed by atoms with Crippen LogP contribution in [0.15, 0.2) is 0 Å². The van der Waals surface area contributed by atoms with Crippen LogP contribution >= 0.6 is 0 Å². The van der Waals surface area contributed by atoms with Gasteiger partial charge < -0.3 is 15.4 Å². The van der Waals surface area contributed by atoms with Gasteiger partial charge in [-0.15, -0.1) is 0 Å². The van der Waals surface area contributed by atoms with Crippen molar-refractivity contribution in [3.63, 3.8) is 0 Å². The molecule has 0 aromatic heterocycles. The fourth-order valence-electron chi connectivity index (χ4n) is 2.19. The number of piperidine rings is 1. The molecule has 16 heavy (non-hydrogen) atoms. The van der Waals surface area contributed by atoms with Crippen LogP contribution in [0.2, 0.25) is 0 Å². The Morgan fingerprint density at radius 3 is 3.00 bits per heavy atom. The van der Waals surface area contributed by atoms with Crippen LogP contribution in [0, 0.1) is 11.8 Å². The zero-order valence-electron chi connectivity index (χ0n) is 10.4. The number of carbonyl (C=O) groups excluding carboxylic acids is 1. The minimum atomic E-state index is -0.0346. The van der Waals surface area contributed by atoms with Crippen LogP contribution in [0.4, 0.5) is 0 Å². The van der Waals surface area contributed by atoms with Crippen LogP contribution in [0.1, 0.15) is 26.7 Å². The van der Waals surface area contributed by atoms with E-state index in [2.05, 4.69) is 11.8 Å². The number of nitrogens with two attached hydrogens (primary N) is 1. The second kappa shape index (κ2) is 6.86. The van der Waals surface area contributed by atoms with E-state index in [0.29, 0.717) is 19.1 Å². The van der Waals surface area contributed by atoms with Crippen molar-refractivity contribution in [3.05, 3.63) is 0 Å². The number of hydrogen-bond donors (Lipinski definition) is 1. The molecule has 0 aromatic carbocycles. The molecular weight excluding hydrogens is 204 g/mol. The van der Waals surface area contributed by atoms with E-state index in [9.17, 15) is 4.79 Å². The van der Waals surface area contributed by atoms with Gasteiger partial charge in [-0.05, 0) is 38.8 Å². The Labute approximate surface area is 98.1 Å². The zero-order chi connectivity index (χ0) is 12.0. The Hall–Kier alpha value is -0.610. The van der Waals surface area contributed by atoms with Gasteiger partial charge in [0.05, 0.1) is 12.5 Å². The van der Waals surface area contributed by atoms with E-state index < -0.39 is 0 Å². The Morgan fingerprint density at radius 2 is 2.38 bits per heavy atom. The Kier molecular flexibility index (Phi) is 5.77. The third-order valence-electron chi connectivity index (χ3n) is 3.10. The van der Waals surface area contributed by atoms with Crippen molar-refractivity contribution in [3.8, 4) is 0 Å². The summed E-state index contributed by atoms with van der Waals surface area (Å²) in [6.07, 6.45) is 2.05. The Bertz CT molecular complexity index is 221. The molecule has 4 nitrogen and oxygen atoms in total. The molecular formula is C12H24N2O2. The molecule has 1 aliphatic heterocycles. The summed E-state index contributed by atoms with van der Waals surface area (Å²) in [5.74, 6) is 0.534. The van der Waals surface area contributed by atoms with Gasteiger partial charge in [-0.3, -0.25) is 4.79 Å². The molecule has 1 saturated heterocycles. The quantitative estimate of drug-likeness (QED) is 0.709. The van der Waals surface area contributed by atoms with E-state index in [1.165, 1.54) is 0 Å². The first-order valence-electron chi connectivity index (χ1n) is 6.26. The highest BCUT2D eigenvalue weighted by molar-refractivity contribution is 5.72. The molecule has 4 heteroatoms. The van der Waals surface area contributed by atoms with Gasteiger partial charge in [-0.1, -0.05) is 6.92 Å². The lowest BCUT2D eigenvalue weighted by Gasteiger charge is -2.32. The standard InChI is InChI=1S/C12H24N2O2/c1-3-16-12(15)11-5-4-6-14(9-11)8-10(2)7-13/h10-11H,3-9,13H2,1-2H3. The predicted molar refractivity (Wildman–Crippen MR) is 64.0 cm³/mol. The molecule has 1 aliphatic rings. The van der Waals surface area contributed by atoms with Crippen LogP contribution in [-0.4, -0.2) is 43.7 Å². The van der Waals surface area contributed by atoms with E-state index in [-0.39, 0.29) is 11.9 Å². The molecule has 2 atom stereocenters. The lowest BCUT2D eigenvalue weighted by Crippen LogP contribution is -2.42. The van der Waals surface area contributed by atoms with Crippen LogP contribution in [0.25, 0.3) is 0 Å². The van der Waals surface area contributed by atoms with Crippen molar-refractivity contribution in [1.29, 1.82) is 0 Å².